The van der Waals surface area contributed by atoms with Gasteiger partial charge < -0.3 is 14.9 Å². The lowest BCUT2D eigenvalue weighted by Gasteiger charge is -2.22. The summed E-state index contributed by atoms with van der Waals surface area (Å²) in [7, 11) is 0. The molecule has 0 spiro atoms. The zero-order valence-electron chi connectivity index (χ0n) is 10.8. The maximum Gasteiger partial charge on any atom is 0.413 e. The van der Waals surface area contributed by atoms with Gasteiger partial charge in [-0.2, -0.15) is 0 Å². The molecule has 106 valence electrons. The number of rotatable bonds is 5. The number of carbonyl (C=O) groups is 2. The summed E-state index contributed by atoms with van der Waals surface area (Å²) in [5, 5.41) is 21.8. The quantitative estimate of drug-likeness (QED) is 0.764. The second-order valence-corrected chi connectivity index (χ2v) is 5.30. The lowest BCUT2D eigenvalue weighted by Crippen LogP contribution is -2.29. The van der Waals surface area contributed by atoms with E-state index in [2.05, 4.69) is 10.3 Å². The van der Waals surface area contributed by atoms with E-state index in [1.807, 2.05) is 6.92 Å². The fourth-order valence-corrected chi connectivity index (χ4v) is 1.75. The van der Waals surface area contributed by atoms with Gasteiger partial charge in [-0.3, -0.25) is 5.32 Å². The van der Waals surface area contributed by atoms with E-state index in [4.69, 9.17) is 9.84 Å². The minimum atomic E-state index is -1.70. The second-order valence-electron chi connectivity index (χ2n) is 4.45. The summed E-state index contributed by atoms with van der Waals surface area (Å²) in [6, 6.07) is 0. The first kappa shape index (κ1) is 15.4. The van der Waals surface area contributed by atoms with Gasteiger partial charge in [0.05, 0.1) is 5.69 Å². The predicted octanol–water partition coefficient (Wildman–Crippen LogP) is 2.00. The van der Waals surface area contributed by atoms with E-state index in [9.17, 15) is 14.7 Å². The van der Waals surface area contributed by atoms with Crippen LogP contribution in [0, 0.1) is 0 Å². The number of carbonyl (C=O) groups excluding carboxylic acids is 1. The molecule has 1 heterocycles. The Balaban J connectivity index is 2.64. The van der Waals surface area contributed by atoms with Crippen molar-refractivity contribution in [1.82, 2.24) is 4.98 Å². The van der Waals surface area contributed by atoms with Gasteiger partial charge >= 0.3 is 12.1 Å². The molecule has 0 bridgehead atoms. The van der Waals surface area contributed by atoms with E-state index in [1.165, 1.54) is 5.38 Å². The molecule has 0 radical (unpaired) electrons. The van der Waals surface area contributed by atoms with E-state index in [0.717, 1.165) is 11.3 Å². The number of carboxylic acid groups (broad SMARTS) is 1. The maximum absolute atomic E-state index is 11.6. The minimum Gasteiger partial charge on any atom is -0.479 e. The average Bonchev–Trinajstić information content (AvgIpc) is 2.75. The number of hydrogen-bond donors (Lipinski definition) is 3. The Bertz CT molecular complexity index is 471. The van der Waals surface area contributed by atoms with Crippen molar-refractivity contribution in [3.05, 3.63) is 11.1 Å². The molecule has 3 N–H and O–H groups in total. The Morgan fingerprint density at radius 1 is 1.58 bits per heavy atom. The summed E-state index contributed by atoms with van der Waals surface area (Å²) in [4.78, 5) is 25.9. The second kappa shape index (κ2) is 5.98. The van der Waals surface area contributed by atoms with Crippen LogP contribution >= 0.6 is 11.3 Å². The highest BCUT2D eigenvalue weighted by Crippen LogP contribution is 2.22. The summed E-state index contributed by atoms with van der Waals surface area (Å²) < 4.78 is 5.15. The molecular formula is C11H16N2O5S. The van der Waals surface area contributed by atoms with E-state index in [1.54, 1.807) is 13.8 Å². The average molecular weight is 288 g/mol. The highest BCUT2D eigenvalue weighted by molar-refractivity contribution is 7.13. The number of aromatic nitrogens is 1. The van der Waals surface area contributed by atoms with Gasteiger partial charge in [0, 0.05) is 5.38 Å². The normalized spacial score (nSPS) is 12.8. The van der Waals surface area contributed by atoms with Crippen molar-refractivity contribution < 1.29 is 24.5 Å². The highest BCUT2D eigenvalue weighted by Gasteiger charge is 2.23. The number of hydrogen-bond acceptors (Lipinski definition) is 6. The largest absolute Gasteiger partial charge is 0.479 e. The number of nitrogens with zero attached hydrogens (tertiary/aromatic N) is 1. The Kier molecular flexibility index (Phi) is 4.84. The van der Waals surface area contributed by atoms with Crippen LogP contribution in [-0.2, 0) is 9.53 Å². The van der Waals surface area contributed by atoms with Gasteiger partial charge in [0.1, 0.15) is 5.60 Å². The molecule has 0 saturated carbocycles. The first-order valence-corrected chi connectivity index (χ1v) is 6.49. The first-order chi connectivity index (χ1) is 8.75. The van der Waals surface area contributed by atoms with E-state index in [0.29, 0.717) is 6.42 Å². The van der Waals surface area contributed by atoms with Gasteiger partial charge in [-0.05, 0) is 20.3 Å². The SMILES string of the molecule is CCC(C)(C)OC(=O)Nc1nc(C(O)C(=O)O)cs1. The van der Waals surface area contributed by atoms with Crippen molar-refractivity contribution in [2.45, 2.75) is 38.9 Å². The summed E-state index contributed by atoms with van der Waals surface area (Å²) in [5.41, 5.74) is -0.618. The van der Waals surface area contributed by atoms with Crippen molar-refractivity contribution >= 4 is 28.5 Å². The fourth-order valence-electron chi connectivity index (χ4n) is 1.03. The summed E-state index contributed by atoms with van der Waals surface area (Å²) in [5.74, 6) is -1.40. The molecule has 19 heavy (non-hydrogen) atoms. The third-order valence-corrected chi connectivity index (χ3v) is 3.24. The van der Waals surface area contributed by atoms with Gasteiger partial charge in [-0.15, -0.1) is 11.3 Å². The van der Waals surface area contributed by atoms with Crippen LogP contribution in [0.2, 0.25) is 0 Å². The molecule has 0 aliphatic carbocycles. The first-order valence-electron chi connectivity index (χ1n) is 5.61. The number of aliphatic hydroxyl groups excluding tert-OH is 1. The number of thiazole rings is 1. The predicted molar refractivity (Wildman–Crippen MR) is 69.2 cm³/mol. The smallest absolute Gasteiger partial charge is 0.413 e. The molecule has 1 atom stereocenters. The molecule has 1 aromatic heterocycles. The third kappa shape index (κ3) is 4.49. The van der Waals surface area contributed by atoms with Crippen LogP contribution in [0.15, 0.2) is 5.38 Å². The molecule has 0 aliphatic rings. The Morgan fingerprint density at radius 3 is 2.74 bits per heavy atom. The molecule has 0 aliphatic heterocycles. The molecule has 1 aromatic rings. The van der Waals surface area contributed by atoms with Gasteiger partial charge in [0.15, 0.2) is 11.2 Å². The van der Waals surface area contributed by atoms with Crippen LogP contribution in [0.4, 0.5) is 9.93 Å². The van der Waals surface area contributed by atoms with Crippen molar-refractivity contribution in [3.63, 3.8) is 0 Å². The molecule has 7 nitrogen and oxygen atoms in total. The molecule has 0 fully saturated rings. The lowest BCUT2D eigenvalue weighted by atomic mass is 10.1. The molecular weight excluding hydrogens is 272 g/mol. The van der Waals surface area contributed by atoms with Crippen LogP contribution in [0.3, 0.4) is 0 Å². The Hall–Kier alpha value is -1.67. The molecule has 1 unspecified atom stereocenters. The maximum atomic E-state index is 11.6. The zero-order valence-corrected chi connectivity index (χ0v) is 11.7. The van der Waals surface area contributed by atoms with Crippen molar-refractivity contribution in [2.24, 2.45) is 0 Å². The zero-order chi connectivity index (χ0) is 14.6. The van der Waals surface area contributed by atoms with Crippen LogP contribution < -0.4 is 5.32 Å². The summed E-state index contributed by atoms with van der Waals surface area (Å²) >= 11 is 1.01. The molecule has 8 heteroatoms. The van der Waals surface area contributed by atoms with E-state index < -0.39 is 23.8 Å². The number of ether oxygens (including phenoxy) is 1. The van der Waals surface area contributed by atoms with Gasteiger partial charge in [0.2, 0.25) is 0 Å². The van der Waals surface area contributed by atoms with Gasteiger partial charge in [-0.1, -0.05) is 6.92 Å². The number of aliphatic hydroxyl groups is 1. The molecule has 1 amide bonds. The number of carboxylic acids is 1. The lowest BCUT2D eigenvalue weighted by molar-refractivity contribution is -0.147. The minimum absolute atomic E-state index is 0.0254. The Labute approximate surface area is 114 Å². The fraction of sp³-hybridized carbons (Fsp3) is 0.545. The number of aliphatic carboxylic acids is 1. The standard InChI is InChI=1S/C11H16N2O5S/c1-4-11(2,3)18-10(17)13-9-12-6(5-19-9)7(14)8(15)16/h5,7,14H,4H2,1-3H3,(H,15,16)(H,12,13,17). The Morgan fingerprint density at radius 2 is 2.21 bits per heavy atom. The number of nitrogens with one attached hydrogen (secondary N) is 1. The van der Waals surface area contributed by atoms with E-state index in [-0.39, 0.29) is 10.8 Å². The van der Waals surface area contributed by atoms with E-state index >= 15 is 0 Å². The van der Waals surface area contributed by atoms with Crippen LogP contribution in [-0.4, -0.2) is 32.9 Å². The number of anilines is 1. The van der Waals surface area contributed by atoms with Crippen LogP contribution in [0.5, 0.6) is 0 Å². The van der Waals surface area contributed by atoms with Gasteiger partial charge in [-0.25, -0.2) is 14.6 Å². The third-order valence-electron chi connectivity index (χ3n) is 2.47. The van der Waals surface area contributed by atoms with Crippen LogP contribution in [0.1, 0.15) is 39.0 Å². The van der Waals surface area contributed by atoms with Crippen molar-refractivity contribution in [1.29, 1.82) is 0 Å². The summed E-state index contributed by atoms with van der Waals surface area (Å²) in [6.07, 6.45) is -1.71. The summed E-state index contributed by atoms with van der Waals surface area (Å²) in [6.45, 7) is 5.43. The monoisotopic (exact) mass is 288 g/mol. The number of amides is 1. The topological polar surface area (TPSA) is 109 Å². The highest BCUT2D eigenvalue weighted by atomic mass is 32.1. The molecule has 1 rings (SSSR count). The molecule has 0 aromatic carbocycles. The van der Waals surface area contributed by atoms with Crippen molar-refractivity contribution in [2.75, 3.05) is 5.32 Å². The molecule has 0 saturated heterocycles. The van der Waals surface area contributed by atoms with Gasteiger partial charge in [0.25, 0.3) is 0 Å². The van der Waals surface area contributed by atoms with Crippen LogP contribution in [0.25, 0.3) is 0 Å². The van der Waals surface area contributed by atoms with Crippen molar-refractivity contribution in [3.8, 4) is 0 Å².